The minimum atomic E-state index is -0.935. The van der Waals surface area contributed by atoms with Crippen molar-refractivity contribution < 1.29 is 27.6 Å². The second-order valence-corrected chi connectivity index (χ2v) is 5.81. The number of nitrogens with zero attached hydrogens (tertiary/aromatic N) is 1. The summed E-state index contributed by atoms with van der Waals surface area (Å²) in [5.41, 5.74) is 4.84. The van der Waals surface area contributed by atoms with Crippen LogP contribution in [0.2, 0.25) is 0 Å². The molecule has 25 heavy (non-hydrogen) atoms. The molecule has 0 atom stereocenters. The Labute approximate surface area is 155 Å². The van der Waals surface area contributed by atoms with Crippen molar-refractivity contribution in [2.24, 2.45) is 5.16 Å². The van der Waals surface area contributed by atoms with Gasteiger partial charge in [-0.05, 0) is 56.1 Å². The Morgan fingerprint density at radius 3 is 2.08 bits per heavy atom. The maximum absolute atomic E-state index is 13.3. The third kappa shape index (κ3) is 5.71. The van der Waals surface area contributed by atoms with Gasteiger partial charge in [0.2, 0.25) is 0 Å². The first-order chi connectivity index (χ1) is 11.7. The van der Waals surface area contributed by atoms with Gasteiger partial charge < -0.3 is 16.3 Å². The fourth-order valence-corrected chi connectivity index (χ4v) is 2.09. The highest BCUT2D eigenvalue weighted by atomic mass is 79.9. The molecule has 0 fully saturated rings. The highest BCUT2D eigenvalue weighted by molar-refractivity contribution is 9.10. The lowest BCUT2D eigenvalue weighted by molar-refractivity contribution is -0.110. The molecule has 2 rings (SSSR count). The van der Waals surface area contributed by atoms with E-state index in [1.807, 2.05) is 0 Å². The molecule has 11 heteroatoms. The molecule has 5 nitrogen and oxygen atoms in total. The number of nitrogens with two attached hydrogens (primary N) is 1. The Morgan fingerprint density at radius 1 is 1.04 bits per heavy atom. The number of carbonyl (C=O) groups is 1. The third-order valence-electron chi connectivity index (χ3n) is 2.53. The van der Waals surface area contributed by atoms with Gasteiger partial charge in [-0.25, -0.2) is 17.6 Å². The molecule has 0 saturated carbocycles. The van der Waals surface area contributed by atoms with Crippen LogP contribution >= 0.6 is 31.9 Å². The van der Waals surface area contributed by atoms with Gasteiger partial charge in [-0.1, -0.05) is 5.16 Å². The average molecular weight is 487 g/mol. The first-order valence-corrected chi connectivity index (χ1v) is 7.78. The predicted octanol–water partition coefficient (Wildman–Crippen LogP) is 4.44. The van der Waals surface area contributed by atoms with Crippen LogP contribution in [0.15, 0.2) is 38.4 Å². The molecule has 2 aromatic carbocycles. The number of benzene rings is 2. The Morgan fingerprint density at radius 2 is 1.56 bits per heavy atom. The van der Waals surface area contributed by atoms with Crippen molar-refractivity contribution >= 4 is 55.4 Å². The lowest BCUT2D eigenvalue weighted by Crippen LogP contribution is -2.14. The molecule has 0 radical (unpaired) electrons. The van der Waals surface area contributed by atoms with Crippen molar-refractivity contribution in [3.63, 3.8) is 0 Å². The van der Waals surface area contributed by atoms with Crippen LogP contribution in [0.25, 0.3) is 0 Å². The summed E-state index contributed by atoms with van der Waals surface area (Å²) in [4.78, 5) is 10.9. The highest BCUT2D eigenvalue weighted by Crippen LogP contribution is 2.25. The molecule has 1 amide bonds. The molecule has 0 saturated heterocycles. The van der Waals surface area contributed by atoms with E-state index in [1.165, 1.54) is 6.07 Å². The van der Waals surface area contributed by atoms with Crippen LogP contribution < -0.4 is 11.1 Å². The zero-order valence-electron chi connectivity index (χ0n) is 12.0. The van der Waals surface area contributed by atoms with Crippen molar-refractivity contribution in [3.8, 4) is 0 Å². The Kier molecular flexibility index (Phi) is 7.84. The second kappa shape index (κ2) is 9.37. The molecule has 0 bridgehead atoms. The first kappa shape index (κ1) is 20.9. The van der Waals surface area contributed by atoms with Gasteiger partial charge in [0, 0.05) is 0 Å². The summed E-state index contributed by atoms with van der Waals surface area (Å²) >= 11 is 5.37. The maximum atomic E-state index is 13.3. The Balaban J connectivity index is 0.000000271. The number of hydrogen-bond acceptors (Lipinski definition) is 4. The normalized spacial score (nSPS) is 10.3. The molecule has 4 N–H and O–H groups in total. The summed E-state index contributed by atoms with van der Waals surface area (Å²) in [7, 11) is 0. The van der Waals surface area contributed by atoms with Crippen molar-refractivity contribution in [2.75, 3.05) is 11.1 Å². The van der Waals surface area contributed by atoms with Crippen molar-refractivity contribution in [1.82, 2.24) is 0 Å². The molecule has 0 heterocycles. The zero-order valence-corrected chi connectivity index (χ0v) is 15.2. The monoisotopic (exact) mass is 485 g/mol. The Bertz CT molecular complexity index is 792. The molecule has 2 aromatic rings. The Hall–Kier alpha value is -2.14. The largest absolute Gasteiger partial charge is 0.411 e. The summed E-state index contributed by atoms with van der Waals surface area (Å²) in [6.45, 7) is 0. The first-order valence-electron chi connectivity index (χ1n) is 6.19. The zero-order chi connectivity index (χ0) is 19.1. The van der Waals surface area contributed by atoms with E-state index in [0.29, 0.717) is 6.21 Å². The maximum Gasteiger partial charge on any atom is 0.270 e. The summed E-state index contributed by atoms with van der Waals surface area (Å²) in [6, 6.07) is 4.31. The average Bonchev–Trinajstić information content (AvgIpc) is 2.58. The van der Waals surface area contributed by atoms with Crippen molar-refractivity contribution in [2.45, 2.75) is 0 Å². The van der Waals surface area contributed by atoms with Gasteiger partial charge in [0.1, 0.15) is 17.8 Å². The van der Waals surface area contributed by atoms with Crippen LogP contribution in [0.1, 0.15) is 0 Å². The molecule has 0 spiro atoms. The molecule has 0 aliphatic heterocycles. The molecule has 0 aromatic heterocycles. The summed E-state index contributed by atoms with van der Waals surface area (Å²) < 4.78 is 50.4. The summed E-state index contributed by atoms with van der Waals surface area (Å²) in [5.74, 6) is -3.93. The number of carbonyl (C=O) groups excluding carboxylic acids is 1. The molecular formula is C14H9Br2F4N3O2. The molecule has 0 aliphatic carbocycles. The molecular weight excluding hydrogens is 478 g/mol. The number of amides is 1. The number of rotatable bonds is 2. The highest BCUT2D eigenvalue weighted by Gasteiger charge is 2.12. The fraction of sp³-hybridized carbons (Fsp3) is 0. The fourth-order valence-electron chi connectivity index (χ4n) is 1.38. The van der Waals surface area contributed by atoms with E-state index < -0.39 is 29.2 Å². The van der Waals surface area contributed by atoms with Gasteiger partial charge in [-0.3, -0.25) is 4.79 Å². The van der Waals surface area contributed by atoms with Crippen LogP contribution in [-0.2, 0) is 4.79 Å². The SMILES string of the molecule is Nc1ccc(F)c(Br)c1F.O=C(C=NO)Nc1ccc(F)c(Br)c1F. The number of hydrogen-bond donors (Lipinski definition) is 3. The molecule has 0 unspecified atom stereocenters. The topological polar surface area (TPSA) is 87.7 Å². The van der Waals surface area contributed by atoms with E-state index in [2.05, 4.69) is 42.3 Å². The van der Waals surface area contributed by atoms with Crippen LogP contribution in [0, 0.1) is 23.3 Å². The summed E-state index contributed by atoms with van der Waals surface area (Å²) in [5, 5.41) is 12.5. The van der Waals surface area contributed by atoms with E-state index >= 15 is 0 Å². The van der Waals surface area contributed by atoms with E-state index in [1.54, 1.807) is 0 Å². The van der Waals surface area contributed by atoms with Gasteiger partial charge in [-0.15, -0.1) is 0 Å². The number of halogens is 6. The van der Waals surface area contributed by atoms with E-state index in [0.717, 1.165) is 18.2 Å². The van der Waals surface area contributed by atoms with Crippen molar-refractivity contribution in [1.29, 1.82) is 0 Å². The number of oxime groups is 1. The van der Waals surface area contributed by atoms with Gasteiger partial charge in [-0.2, -0.15) is 0 Å². The smallest absolute Gasteiger partial charge is 0.270 e. The minimum Gasteiger partial charge on any atom is -0.411 e. The minimum absolute atomic E-state index is 0.0618. The summed E-state index contributed by atoms with van der Waals surface area (Å²) in [6.07, 6.45) is 0.552. The van der Waals surface area contributed by atoms with Crippen LogP contribution in [0.3, 0.4) is 0 Å². The quantitative estimate of drug-likeness (QED) is 0.146. The van der Waals surface area contributed by atoms with Gasteiger partial charge in [0.05, 0.1) is 20.3 Å². The van der Waals surface area contributed by atoms with Gasteiger partial charge in [0.15, 0.2) is 11.6 Å². The molecule has 134 valence electrons. The second-order valence-electron chi connectivity index (χ2n) is 4.22. The van der Waals surface area contributed by atoms with Crippen LogP contribution in [0.4, 0.5) is 28.9 Å². The predicted molar refractivity (Wildman–Crippen MR) is 91.4 cm³/mol. The lowest BCUT2D eigenvalue weighted by atomic mass is 10.3. The number of nitrogens with one attached hydrogen (secondary N) is 1. The lowest BCUT2D eigenvalue weighted by Gasteiger charge is -2.05. The molecule has 0 aliphatic rings. The number of nitrogen functional groups attached to an aromatic ring is 1. The van der Waals surface area contributed by atoms with Crippen molar-refractivity contribution in [3.05, 3.63) is 56.5 Å². The van der Waals surface area contributed by atoms with E-state index in [4.69, 9.17) is 10.9 Å². The van der Waals surface area contributed by atoms with Crippen LogP contribution in [-0.4, -0.2) is 17.3 Å². The third-order valence-corrected chi connectivity index (χ3v) is 3.99. The van der Waals surface area contributed by atoms with E-state index in [-0.39, 0.29) is 20.3 Å². The number of anilines is 2. The van der Waals surface area contributed by atoms with E-state index in [9.17, 15) is 22.4 Å². The van der Waals surface area contributed by atoms with Crippen LogP contribution in [0.5, 0.6) is 0 Å². The van der Waals surface area contributed by atoms with Gasteiger partial charge >= 0.3 is 0 Å². The van der Waals surface area contributed by atoms with Gasteiger partial charge in [0.25, 0.3) is 5.91 Å². The standard InChI is InChI=1S/C8H5BrF2N2O2.C6H4BrF2N/c9-7-4(10)1-2-5(8(7)11)13-6(14)3-12-15;7-5-3(8)1-2-4(10)6(5)9/h1-3,15H,(H,13,14);1-2H,10H2.